The Morgan fingerprint density at radius 1 is 1.55 bits per heavy atom. The molecule has 11 heavy (non-hydrogen) atoms. The van der Waals surface area contributed by atoms with E-state index in [-0.39, 0.29) is 5.56 Å². The van der Waals surface area contributed by atoms with E-state index < -0.39 is 5.91 Å². The average Bonchev–Trinajstić information content (AvgIpc) is 1.94. The maximum absolute atomic E-state index is 10.7. The Morgan fingerprint density at radius 2 is 2.18 bits per heavy atom. The number of halogens is 1. The van der Waals surface area contributed by atoms with Crippen molar-refractivity contribution in [2.75, 3.05) is 5.73 Å². The van der Waals surface area contributed by atoms with E-state index in [1.807, 2.05) is 0 Å². The molecule has 0 unspecified atom stereocenters. The quantitative estimate of drug-likeness (QED) is 0.717. The highest BCUT2D eigenvalue weighted by molar-refractivity contribution is 9.10. The summed E-state index contributed by atoms with van der Waals surface area (Å²) in [5, 5.41) is 0. The third-order valence-corrected chi connectivity index (χ3v) is 1.84. The molecule has 0 aliphatic heterocycles. The Morgan fingerprint density at radius 3 is 2.64 bits per heavy atom. The van der Waals surface area contributed by atoms with Gasteiger partial charge in [0.25, 0.3) is 5.91 Å². The van der Waals surface area contributed by atoms with E-state index >= 15 is 0 Å². The van der Waals surface area contributed by atoms with Gasteiger partial charge in [-0.3, -0.25) is 9.78 Å². The number of nitrogens with two attached hydrogens (primary N) is 2. The first kappa shape index (κ1) is 8.00. The van der Waals surface area contributed by atoms with Gasteiger partial charge in [0, 0.05) is 12.4 Å². The van der Waals surface area contributed by atoms with Crippen molar-refractivity contribution in [3.05, 3.63) is 22.4 Å². The lowest BCUT2D eigenvalue weighted by molar-refractivity contribution is 0.100. The molecule has 0 fully saturated rings. The van der Waals surface area contributed by atoms with Crippen molar-refractivity contribution in [2.45, 2.75) is 0 Å². The zero-order chi connectivity index (χ0) is 8.43. The summed E-state index contributed by atoms with van der Waals surface area (Å²) in [6.45, 7) is 0. The van der Waals surface area contributed by atoms with Crippen molar-refractivity contribution in [2.24, 2.45) is 5.73 Å². The molecular weight excluding hydrogens is 210 g/mol. The molecule has 0 atom stereocenters. The summed E-state index contributed by atoms with van der Waals surface area (Å²) >= 11 is 3.12. The number of carbonyl (C=O) groups excluding carboxylic acids is 1. The molecule has 0 aliphatic rings. The van der Waals surface area contributed by atoms with Crippen LogP contribution in [0.3, 0.4) is 0 Å². The fourth-order valence-corrected chi connectivity index (χ4v) is 0.973. The van der Waals surface area contributed by atoms with Crippen LogP contribution in [0, 0.1) is 0 Å². The van der Waals surface area contributed by atoms with Crippen LogP contribution < -0.4 is 11.5 Å². The van der Waals surface area contributed by atoms with Gasteiger partial charge in [-0.2, -0.15) is 0 Å². The highest BCUT2D eigenvalue weighted by Gasteiger charge is 2.07. The van der Waals surface area contributed by atoms with E-state index in [9.17, 15) is 4.79 Å². The standard InChI is InChI=1S/C6H6BrN3O/c7-4-2-10-1-3(5(4)8)6(9)11/h1-2H,(H2,8,10)(H2,9,11). The van der Waals surface area contributed by atoms with Crippen LogP contribution >= 0.6 is 15.9 Å². The number of carbonyl (C=O) groups is 1. The minimum Gasteiger partial charge on any atom is -0.397 e. The van der Waals surface area contributed by atoms with Crippen molar-refractivity contribution in [3.8, 4) is 0 Å². The van der Waals surface area contributed by atoms with Gasteiger partial charge in [-0.1, -0.05) is 0 Å². The summed E-state index contributed by atoms with van der Waals surface area (Å²) in [6.07, 6.45) is 2.84. The van der Waals surface area contributed by atoms with E-state index in [0.29, 0.717) is 10.2 Å². The average molecular weight is 216 g/mol. The SMILES string of the molecule is NC(=O)c1cncc(Br)c1N. The number of nitrogens with zero attached hydrogens (tertiary/aromatic N) is 1. The first-order chi connectivity index (χ1) is 5.13. The van der Waals surface area contributed by atoms with E-state index in [1.54, 1.807) is 0 Å². The molecule has 1 rings (SSSR count). The topological polar surface area (TPSA) is 82.0 Å². The summed E-state index contributed by atoms with van der Waals surface area (Å²) in [6, 6.07) is 0. The monoisotopic (exact) mass is 215 g/mol. The molecule has 1 aromatic heterocycles. The van der Waals surface area contributed by atoms with Crippen molar-refractivity contribution in [3.63, 3.8) is 0 Å². The number of nitrogen functional groups attached to an aromatic ring is 1. The van der Waals surface area contributed by atoms with Gasteiger partial charge in [0.1, 0.15) is 0 Å². The number of anilines is 1. The van der Waals surface area contributed by atoms with Gasteiger partial charge in [-0.15, -0.1) is 0 Å². The second kappa shape index (κ2) is 2.87. The smallest absolute Gasteiger partial charge is 0.252 e. The van der Waals surface area contributed by atoms with Crippen molar-refractivity contribution < 1.29 is 4.79 Å². The summed E-state index contributed by atoms with van der Waals surface area (Å²) in [4.78, 5) is 14.4. The summed E-state index contributed by atoms with van der Waals surface area (Å²) in [7, 11) is 0. The number of rotatable bonds is 1. The van der Waals surface area contributed by atoms with E-state index in [0.717, 1.165) is 0 Å². The van der Waals surface area contributed by atoms with E-state index in [2.05, 4.69) is 20.9 Å². The van der Waals surface area contributed by atoms with Crippen molar-refractivity contribution >= 4 is 27.5 Å². The predicted molar refractivity (Wildman–Crippen MR) is 44.9 cm³/mol. The van der Waals surface area contributed by atoms with E-state index in [4.69, 9.17) is 11.5 Å². The number of amides is 1. The summed E-state index contributed by atoms with van der Waals surface area (Å²) in [5.41, 5.74) is 11.1. The van der Waals surface area contributed by atoms with E-state index in [1.165, 1.54) is 12.4 Å². The van der Waals surface area contributed by atoms with Gasteiger partial charge in [0.05, 0.1) is 15.7 Å². The molecule has 0 saturated carbocycles. The van der Waals surface area contributed by atoms with Crippen molar-refractivity contribution in [1.29, 1.82) is 0 Å². The maximum Gasteiger partial charge on any atom is 0.252 e. The van der Waals surface area contributed by atoms with Crippen molar-refractivity contribution in [1.82, 2.24) is 4.98 Å². The lowest BCUT2D eigenvalue weighted by Gasteiger charge is -2.00. The summed E-state index contributed by atoms with van der Waals surface area (Å²) < 4.78 is 0.578. The molecule has 4 nitrogen and oxygen atoms in total. The van der Waals surface area contributed by atoms with Crippen LogP contribution in [0.4, 0.5) is 5.69 Å². The van der Waals surface area contributed by atoms with Gasteiger partial charge in [0.15, 0.2) is 0 Å². The molecule has 0 radical (unpaired) electrons. The molecule has 0 bridgehead atoms. The van der Waals surface area contributed by atoms with Crippen LogP contribution in [0.2, 0.25) is 0 Å². The molecule has 0 aliphatic carbocycles. The highest BCUT2D eigenvalue weighted by Crippen LogP contribution is 2.20. The molecule has 1 aromatic rings. The summed E-state index contributed by atoms with van der Waals surface area (Å²) in [5.74, 6) is -0.573. The second-order valence-corrected chi connectivity index (χ2v) is 2.80. The van der Waals surface area contributed by atoms with Crippen LogP contribution in [-0.2, 0) is 0 Å². The Hall–Kier alpha value is -1.10. The molecule has 0 aromatic carbocycles. The fraction of sp³-hybridized carbons (Fsp3) is 0. The molecule has 5 heteroatoms. The third-order valence-electron chi connectivity index (χ3n) is 1.20. The van der Waals surface area contributed by atoms with Crippen LogP contribution in [0.5, 0.6) is 0 Å². The Balaban J connectivity index is 3.27. The molecule has 4 N–H and O–H groups in total. The van der Waals surface area contributed by atoms with Gasteiger partial charge in [-0.25, -0.2) is 0 Å². The number of primary amides is 1. The van der Waals surface area contributed by atoms with Crippen LogP contribution in [0.15, 0.2) is 16.9 Å². The van der Waals surface area contributed by atoms with Crippen LogP contribution in [0.25, 0.3) is 0 Å². The zero-order valence-electron chi connectivity index (χ0n) is 5.54. The van der Waals surface area contributed by atoms with Gasteiger partial charge < -0.3 is 11.5 Å². The zero-order valence-corrected chi connectivity index (χ0v) is 7.13. The minimum absolute atomic E-state index is 0.236. The molecular formula is C6H6BrN3O. The maximum atomic E-state index is 10.7. The Bertz CT molecular complexity index is 300. The third kappa shape index (κ3) is 1.48. The highest BCUT2D eigenvalue weighted by atomic mass is 79.9. The predicted octanol–water partition coefficient (Wildman–Crippen LogP) is 0.525. The van der Waals surface area contributed by atoms with Gasteiger partial charge in [0.2, 0.25) is 0 Å². The number of hydrogen-bond acceptors (Lipinski definition) is 3. The fourth-order valence-electron chi connectivity index (χ4n) is 0.641. The van der Waals surface area contributed by atoms with Crippen LogP contribution in [-0.4, -0.2) is 10.9 Å². The molecule has 0 spiro atoms. The molecule has 1 heterocycles. The van der Waals surface area contributed by atoms with Gasteiger partial charge in [-0.05, 0) is 15.9 Å². The first-order valence-electron chi connectivity index (χ1n) is 2.81. The number of aromatic nitrogens is 1. The first-order valence-corrected chi connectivity index (χ1v) is 3.61. The lowest BCUT2D eigenvalue weighted by atomic mass is 10.2. The number of hydrogen-bond donors (Lipinski definition) is 2. The Labute approximate surface area is 71.7 Å². The van der Waals surface area contributed by atoms with Gasteiger partial charge >= 0.3 is 0 Å². The van der Waals surface area contributed by atoms with Crippen LogP contribution in [0.1, 0.15) is 10.4 Å². The molecule has 58 valence electrons. The molecule has 1 amide bonds. The Kier molecular flexibility index (Phi) is 2.09. The molecule has 0 saturated heterocycles. The minimum atomic E-state index is -0.573. The second-order valence-electron chi connectivity index (χ2n) is 1.95. The normalized spacial score (nSPS) is 9.55. The largest absolute Gasteiger partial charge is 0.397 e. The number of pyridine rings is 1. The lowest BCUT2D eigenvalue weighted by Crippen LogP contribution is -2.14.